The van der Waals surface area contributed by atoms with E-state index in [1.807, 2.05) is 19.9 Å². The number of nitrogens with one attached hydrogen (secondary N) is 1. The zero-order chi connectivity index (χ0) is 25.7. The predicted molar refractivity (Wildman–Crippen MR) is 138 cm³/mol. The summed E-state index contributed by atoms with van der Waals surface area (Å²) in [6.45, 7) is 3.79. The number of halogens is 1. The molecule has 1 atom stereocenters. The van der Waals surface area contributed by atoms with E-state index in [2.05, 4.69) is 17.4 Å². The van der Waals surface area contributed by atoms with Gasteiger partial charge in [-0.1, -0.05) is 18.2 Å². The van der Waals surface area contributed by atoms with Gasteiger partial charge in [0, 0.05) is 0 Å². The zero-order valence-electron chi connectivity index (χ0n) is 20.5. The molecular formula is C28H31FN2O4S. The first-order valence-corrected chi connectivity index (χ1v) is 13.6. The van der Waals surface area contributed by atoms with Crippen LogP contribution in [0.3, 0.4) is 0 Å². The maximum absolute atomic E-state index is 13.5. The molecule has 8 heteroatoms. The van der Waals surface area contributed by atoms with Gasteiger partial charge in [0.15, 0.2) is 0 Å². The second-order valence-electron chi connectivity index (χ2n) is 8.92. The van der Waals surface area contributed by atoms with E-state index >= 15 is 0 Å². The van der Waals surface area contributed by atoms with Crippen molar-refractivity contribution < 1.29 is 22.3 Å². The van der Waals surface area contributed by atoms with Crippen molar-refractivity contribution in [1.82, 2.24) is 5.32 Å². The van der Waals surface area contributed by atoms with Gasteiger partial charge in [0.2, 0.25) is 5.91 Å². The molecule has 3 aromatic rings. The Labute approximate surface area is 212 Å². The molecule has 0 saturated heterocycles. The molecule has 0 heterocycles. The second kappa shape index (κ2) is 11.1. The molecule has 0 saturated carbocycles. The van der Waals surface area contributed by atoms with E-state index in [1.54, 1.807) is 24.3 Å². The molecule has 1 amide bonds. The predicted octanol–water partition coefficient (Wildman–Crippen LogP) is 5.18. The molecule has 1 aliphatic rings. The highest BCUT2D eigenvalue weighted by atomic mass is 32.2. The third kappa shape index (κ3) is 5.87. The lowest BCUT2D eigenvalue weighted by Gasteiger charge is -2.25. The minimum Gasteiger partial charge on any atom is -0.494 e. The summed E-state index contributed by atoms with van der Waals surface area (Å²) in [5.41, 5.74) is 3.96. The van der Waals surface area contributed by atoms with Gasteiger partial charge in [-0.15, -0.1) is 0 Å². The summed E-state index contributed by atoms with van der Waals surface area (Å²) in [4.78, 5) is 13.0. The Hall–Kier alpha value is -3.39. The third-order valence-corrected chi connectivity index (χ3v) is 8.16. The Morgan fingerprint density at radius 1 is 1.00 bits per heavy atom. The number of ether oxygens (including phenoxy) is 1. The number of fused-ring (bicyclic) bond motifs is 1. The van der Waals surface area contributed by atoms with Crippen molar-refractivity contribution in [2.45, 2.75) is 50.5 Å². The second-order valence-corrected chi connectivity index (χ2v) is 10.8. The smallest absolute Gasteiger partial charge is 0.264 e. The fourth-order valence-corrected chi connectivity index (χ4v) is 5.87. The fraction of sp³-hybridized carbons (Fsp3) is 0.321. The molecule has 4 rings (SSSR count). The number of benzene rings is 3. The van der Waals surface area contributed by atoms with E-state index in [9.17, 15) is 17.6 Å². The lowest BCUT2D eigenvalue weighted by molar-refractivity contribution is -0.120. The van der Waals surface area contributed by atoms with Crippen LogP contribution < -0.4 is 14.4 Å². The van der Waals surface area contributed by atoms with Gasteiger partial charge in [-0.05, 0) is 105 Å². The summed E-state index contributed by atoms with van der Waals surface area (Å²) < 4.78 is 46.9. The average Bonchev–Trinajstić information content (AvgIpc) is 2.88. The zero-order valence-corrected chi connectivity index (χ0v) is 21.4. The van der Waals surface area contributed by atoms with Crippen LogP contribution in [-0.4, -0.2) is 27.5 Å². The van der Waals surface area contributed by atoms with Gasteiger partial charge in [-0.25, -0.2) is 12.8 Å². The Bertz CT molecular complexity index is 1310. The van der Waals surface area contributed by atoms with Crippen molar-refractivity contribution in [1.29, 1.82) is 0 Å². The van der Waals surface area contributed by atoms with Crippen molar-refractivity contribution in [2.24, 2.45) is 0 Å². The van der Waals surface area contributed by atoms with Crippen LogP contribution in [0.5, 0.6) is 5.75 Å². The summed E-state index contributed by atoms with van der Waals surface area (Å²) in [5, 5.41) is 2.94. The molecule has 36 heavy (non-hydrogen) atoms. The molecule has 190 valence electrons. The summed E-state index contributed by atoms with van der Waals surface area (Å²) in [5.74, 6) is -0.399. The average molecular weight is 511 g/mol. The molecule has 0 radical (unpaired) electrons. The molecule has 0 bridgehead atoms. The normalized spacial score (nSPS) is 14.0. The van der Waals surface area contributed by atoms with Crippen LogP contribution in [0.2, 0.25) is 0 Å². The summed E-state index contributed by atoms with van der Waals surface area (Å²) in [6, 6.07) is 17.0. The van der Waals surface area contributed by atoms with Crippen LogP contribution in [-0.2, 0) is 27.7 Å². The number of aryl methyl sites for hydroxylation is 2. The number of hydrogen-bond acceptors (Lipinski definition) is 4. The van der Waals surface area contributed by atoms with Crippen LogP contribution in [0, 0.1) is 5.82 Å². The minimum atomic E-state index is -4.14. The molecule has 0 spiro atoms. The third-order valence-electron chi connectivity index (χ3n) is 6.37. The monoisotopic (exact) mass is 510 g/mol. The first-order valence-electron chi connectivity index (χ1n) is 12.2. The van der Waals surface area contributed by atoms with Crippen molar-refractivity contribution in [3.8, 4) is 5.75 Å². The van der Waals surface area contributed by atoms with E-state index in [0.717, 1.165) is 41.3 Å². The summed E-state index contributed by atoms with van der Waals surface area (Å²) in [7, 11) is -4.14. The number of rotatable bonds is 9. The number of carbonyl (C=O) groups excluding carboxylic acids is 1. The lowest BCUT2D eigenvalue weighted by Crippen LogP contribution is -2.41. The summed E-state index contributed by atoms with van der Waals surface area (Å²) in [6.07, 6.45) is 4.47. The molecule has 1 N–H and O–H groups in total. The van der Waals surface area contributed by atoms with Crippen LogP contribution in [0.25, 0.3) is 0 Å². The fourth-order valence-electron chi connectivity index (χ4n) is 4.45. The Morgan fingerprint density at radius 3 is 2.33 bits per heavy atom. The Kier molecular flexibility index (Phi) is 7.94. The highest BCUT2D eigenvalue weighted by Gasteiger charge is 2.28. The van der Waals surface area contributed by atoms with Gasteiger partial charge in [0.05, 0.1) is 23.2 Å². The number of anilines is 1. The van der Waals surface area contributed by atoms with E-state index in [-0.39, 0.29) is 10.9 Å². The Morgan fingerprint density at radius 2 is 1.67 bits per heavy atom. The number of nitrogens with zero attached hydrogens (tertiary/aromatic N) is 1. The van der Waals surface area contributed by atoms with E-state index in [4.69, 9.17) is 4.74 Å². The first-order chi connectivity index (χ1) is 17.3. The molecule has 1 unspecified atom stereocenters. The highest BCUT2D eigenvalue weighted by molar-refractivity contribution is 7.92. The van der Waals surface area contributed by atoms with Crippen LogP contribution in [0.15, 0.2) is 71.6 Å². The van der Waals surface area contributed by atoms with Crippen molar-refractivity contribution in [3.05, 3.63) is 89.2 Å². The van der Waals surface area contributed by atoms with Gasteiger partial charge in [-0.3, -0.25) is 9.10 Å². The molecule has 0 aliphatic heterocycles. The van der Waals surface area contributed by atoms with Crippen molar-refractivity contribution in [2.75, 3.05) is 17.5 Å². The van der Waals surface area contributed by atoms with Gasteiger partial charge in [0.1, 0.15) is 18.1 Å². The molecule has 0 aromatic heterocycles. The molecule has 6 nitrogen and oxygen atoms in total. The topological polar surface area (TPSA) is 75.7 Å². The lowest BCUT2D eigenvalue weighted by atomic mass is 9.89. The largest absolute Gasteiger partial charge is 0.494 e. The van der Waals surface area contributed by atoms with E-state index in [1.165, 1.54) is 29.7 Å². The number of sulfonamides is 1. The molecule has 0 fully saturated rings. The van der Waals surface area contributed by atoms with Gasteiger partial charge in [0.25, 0.3) is 10.0 Å². The van der Waals surface area contributed by atoms with Gasteiger partial charge in [-0.2, -0.15) is 0 Å². The molecule has 1 aliphatic carbocycles. The van der Waals surface area contributed by atoms with E-state index in [0.29, 0.717) is 18.0 Å². The maximum Gasteiger partial charge on any atom is 0.264 e. The maximum atomic E-state index is 13.5. The number of carbonyl (C=O) groups is 1. The van der Waals surface area contributed by atoms with Gasteiger partial charge >= 0.3 is 0 Å². The van der Waals surface area contributed by atoms with Crippen molar-refractivity contribution >= 4 is 21.6 Å². The first kappa shape index (κ1) is 25.7. The number of hydrogen-bond donors (Lipinski definition) is 1. The van der Waals surface area contributed by atoms with Crippen LogP contribution >= 0.6 is 0 Å². The van der Waals surface area contributed by atoms with E-state index < -0.39 is 28.3 Å². The Balaban J connectivity index is 1.57. The molecule has 3 aromatic carbocycles. The summed E-state index contributed by atoms with van der Waals surface area (Å²) >= 11 is 0. The van der Waals surface area contributed by atoms with Crippen molar-refractivity contribution in [3.63, 3.8) is 0 Å². The standard InChI is InChI=1S/C28H31FN2O4S/c1-3-35-26-14-12-25(13-15-26)31(36(33,34)27-16-10-24(29)11-17-27)19-28(32)30-20(2)22-9-8-21-6-4-5-7-23(21)18-22/h8-18,20H,3-7,19H2,1-2H3,(H,30,32). The molecular weight excluding hydrogens is 479 g/mol. The van der Waals surface area contributed by atoms with Crippen LogP contribution in [0.4, 0.5) is 10.1 Å². The number of amides is 1. The highest BCUT2D eigenvalue weighted by Crippen LogP contribution is 2.27. The quantitative estimate of drug-likeness (QED) is 0.431. The SMILES string of the molecule is CCOc1ccc(N(CC(=O)NC(C)c2ccc3c(c2)CCCC3)S(=O)(=O)c2ccc(F)cc2)cc1. The minimum absolute atomic E-state index is 0.103. The van der Waals surface area contributed by atoms with Crippen LogP contribution in [0.1, 0.15) is 49.4 Å². The van der Waals surface area contributed by atoms with Gasteiger partial charge < -0.3 is 10.1 Å².